The molecule has 1 amide bonds. The molecule has 2 rings (SSSR count). The summed E-state index contributed by atoms with van der Waals surface area (Å²) in [7, 11) is 1.48. The topological polar surface area (TPSA) is 78.8 Å². The minimum atomic E-state index is -0.395. The Balaban J connectivity index is 2.05. The summed E-state index contributed by atoms with van der Waals surface area (Å²) in [6.45, 7) is 0.263. The Hall–Kier alpha value is -2.69. The van der Waals surface area contributed by atoms with Crippen LogP contribution in [0.3, 0.4) is 0 Å². The Morgan fingerprint density at radius 2 is 2.00 bits per heavy atom. The molecule has 0 aromatic heterocycles. The summed E-state index contributed by atoms with van der Waals surface area (Å²) in [4.78, 5) is 11.9. The van der Waals surface area contributed by atoms with Crippen molar-refractivity contribution in [1.82, 2.24) is 5.32 Å². The number of ether oxygens (including phenoxy) is 1. The molecule has 0 saturated heterocycles. The van der Waals surface area contributed by atoms with E-state index in [2.05, 4.69) is 5.32 Å². The number of carbonyl (C=O) groups is 1. The highest BCUT2D eigenvalue weighted by Gasteiger charge is 2.11. The maximum Gasteiger partial charge on any atom is 0.255 e. The van der Waals surface area contributed by atoms with Crippen molar-refractivity contribution in [1.29, 1.82) is 0 Å². The highest BCUT2D eigenvalue weighted by atomic mass is 16.5. The van der Waals surface area contributed by atoms with Crippen molar-refractivity contribution in [2.45, 2.75) is 6.54 Å². The van der Waals surface area contributed by atoms with E-state index in [1.165, 1.54) is 19.2 Å². The average Bonchev–Trinajstić information content (AvgIpc) is 2.44. The fraction of sp³-hybridized carbons (Fsp3) is 0.133. The second kappa shape index (κ2) is 5.97. The third-order valence-corrected chi connectivity index (χ3v) is 2.81. The second-order valence-corrected chi connectivity index (χ2v) is 4.24. The van der Waals surface area contributed by atoms with E-state index in [0.29, 0.717) is 5.75 Å². The summed E-state index contributed by atoms with van der Waals surface area (Å²) in [5, 5.41) is 21.8. The SMILES string of the molecule is COc1ccc(C(=O)NCc2cccc(O)c2)c(O)c1. The zero-order valence-electron chi connectivity index (χ0n) is 11.0. The number of hydrogen-bond donors (Lipinski definition) is 3. The zero-order chi connectivity index (χ0) is 14.5. The molecule has 0 spiro atoms. The fourth-order valence-corrected chi connectivity index (χ4v) is 1.77. The molecule has 0 aliphatic carbocycles. The lowest BCUT2D eigenvalue weighted by Crippen LogP contribution is -2.22. The number of aromatic hydroxyl groups is 2. The fourth-order valence-electron chi connectivity index (χ4n) is 1.77. The van der Waals surface area contributed by atoms with Gasteiger partial charge in [0.15, 0.2) is 0 Å². The third kappa shape index (κ3) is 3.20. The lowest BCUT2D eigenvalue weighted by molar-refractivity contribution is 0.0948. The van der Waals surface area contributed by atoms with Gasteiger partial charge in [-0.2, -0.15) is 0 Å². The monoisotopic (exact) mass is 273 g/mol. The molecule has 104 valence electrons. The molecule has 5 nitrogen and oxygen atoms in total. The second-order valence-electron chi connectivity index (χ2n) is 4.24. The molecule has 0 saturated carbocycles. The van der Waals surface area contributed by atoms with Crippen LogP contribution in [-0.4, -0.2) is 23.2 Å². The van der Waals surface area contributed by atoms with Crippen LogP contribution in [0.15, 0.2) is 42.5 Å². The molecule has 0 heterocycles. The van der Waals surface area contributed by atoms with E-state index in [4.69, 9.17) is 4.74 Å². The normalized spacial score (nSPS) is 10.1. The first-order chi connectivity index (χ1) is 9.60. The van der Waals surface area contributed by atoms with Crippen molar-refractivity contribution < 1.29 is 19.7 Å². The van der Waals surface area contributed by atoms with Gasteiger partial charge in [-0.05, 0) is 29.8 Å². The van der Waals surface area contributed by atoms with E-state index >= 15 is 0 Å². The first-order valence-electron chi connectivity index (χ1n) is 6.03. The lowest BCUT2D eigenvalue weighted by Gasteiger charge is -2.08. The molecule has 20 heavy (non-hydrogen) atoms. The van der Waals surface area contributed by atoms with Crippen LogP contribution in [0.4, 0.5) is 0 Å². The maximum absolute atomic E-state index is 11.9. The van der Waals surface area contributed by atoms with Gasteiger partial charge in [0.25, 0.3) is 5.91 Å². The van der Waals surface area contributed by atoms with E-state index in [0.717, 1.165) is 5.56 Å². The minimum Gasteiger partial charge on any atom is -0.508 e. The number of nitrogens with one attached hydrogen (secondary N) is 1. The molecule has 5 heteroatoms. The van der Waals surface area contributed by atoms with Crippen molar-refractivity contribution in [2.24, 2.45) is 0 Å². The number of benzene rings is 2. The standard InChI is InChI=1S/C15H15NO4/c1-20-12-5-6-13(14(18)8-12)15(19)16-9-10-3-2-4-11(17)7-10/h2-8,17-18H,9H2,1H3,(H,16,19). The minimum absolute atomic E-state index is 0.141. The van der Waals surface area contributed by atoms with Crippen LogP contribution in [0.5, 0.6) is 17.2 Å². The molecular weight excluding hydrogens is 258 g/mol. The Kier molecular flexibility index (Phi) is 4.10. The summed E-state index contributed by atoms with van der Waals surface area (Å²) < 4.78 is 4.95. The van der Waals surface area contributed by atoms with Gasteiger partial charge in [0.05, 0.1) is 12.7 Å². The van der Waals surface area contributed by atoms with Crippen molar-refractivity contribution in [3.05, 3.63) is 53.6 Å². The molecule has 2 aromatic rings. The van der Waals surface area contributed by atoms with E-state index in [-0.39, 0.29) is 23.6 Å². The number of carbonyl (C=O) groups excluding carboxylic acids is 1. The summed E-state index contributed by atoms with van der Waals surface area (Å²) in [6, 6.07) is 11.1. The van der Waals surface area contributed by atoms with Crippen molar-refractivity contribution in [3.8, 4) is 17.2 Å². The predicted octanol–water partition coefficient (Wildman–Crippen LogP) is 2.04. The summed E-state index contributed by atoms with van der Waals surface area (Å²) >= 11 is 0. The van der Waals surface area contributed by atoms with E-state index < -0.39 is 5.91 Å². The van der Waals surface area contributed by atoms with Crippen LogP contribution >= 0.6 is 0 Å². The van der Waals surface area contributed by atoms with Gasteiger partial charge in [0.2, 0.25) is 0 Å². The molecule has 0 radical (unpaired) electrons. The van der Waals surface area contributed by atoms with Crippen LogP contribution in [0, 0.1) is 0 Å². The molecule has 2 aromatic carbocycles. The Bertz CT molecular complexity index is 625. The van der Waals surface area contributed by atoms with Crippen molar-refractivity contribution in [2.75, 3.05) is 7.11 Å². The van der Waals surface area contributed by atoms with E-state index in [9.17, 15) is 15.0 Å². The smallest absolute Gasteiger partial charge is 0.255 e. The van der Waals surface area contributed by atoms with E-state index in [1.807, 2.05) is 0 Å². The number of methoxy groups -OCH3 is 1. The van der Waals surface area contributed by atoms with Gasteiger partial charge < -0.3 is 20.3 Å². The van der Waals surface area contributed by atoms with Crippen LogP contribution < -0.4 is 10.1 Å². The highest BCUT2D eigenvalue weighted by molar-refractivity contribution is 5.96. The molecule has 0 fully saturated rings. The molecule has 0 atom stereocenters. The van der Waals surface area contributed by atoms with Crippen LogP contribution in [0.1, 0.15) is 15.9 Å². The third-order valence-electron chi connectivity index (χ3n) is 2.81. The average molecular weight is 273 g/mol. The molecule has 0 bridgehead atoms. The van der Waals surface area contributed by atoms with E-state index in [1.54, 1.807) is 30.3 Å². The predicted molar refractivity (Wildman–Crippen MR) is 73.9 cm³/mol. The Labute approximate surface area is 116 Å². The van der Waals surface area contributed by atoms with Crippen molar-refractivity contribution in [3.63, 3.8) is 0 Å². The number of rotatable bonds is 4. The molecule has 0 unspecified atom stereocenters. The van der Waals surface area contributed by atoms with Crippen LogP contribution in [0.2, 0.25) is 0 Å². The first-order valence-corrected chi connectivity index (χ1v) is 6.03. The van der Waals surface area contributed by atoms with Gasteiger partial charge in [-0.25, -0.2) is 0 Å². The largest absolute Gasteiger partial charge is 0.508 e. The summed E-state index contributed by atoms with van der Waals surface area (Å²) in [5.74, 6) is 0.0855. The molecule has 3 N–H and O–H groups in total. The van der Waals surface area contributed by atoms with Crippen LogP contribution in [0.25, 0.3) is 0 Å². The van der Waals surface area contributed by atoms with Gasteiger partial charge in [-0.1, -0.05) is 12.1 Å². The van der Waals surface area contributed by atoms with Gasteiger partial charge in [-0.3, -0.25) is 4.79 Å². The number of phenols is 2. The van der Waals surface area contributed by atoms with Gasteiger partial charge >= 0.3 is 0 Å². The van der Waals surface area contributed by atoms with Gasteiger partial charge in [0.1, 0.15) is 17.2 Å². The maximum atomic E-state index is 11.9. The number of phenolic OH excluding ortho intramolecular Hbond substituents is 2. The molecular formula is C15H15NO4. The first kappa shape index (κ1) is 13.7. The molecule has 0 aliphatic heterocycles. The Morgan fingerprint density at radius 1 is 1.20 bits per heavy atom. The lowest BCUT2D eigenvalue weighted by atomic mass is 10.1. The summed E-state index contributed by atoms with van der Waals surface area (Å²) in [5.41, 5.74) is 0.942. The number of amides is 1. The Morgan fingerprint density at radius 3 is 2.65 bits per heavy atom. The zero-order valence-corrected chi connectivity index (χ0v) is 11.0. The molecule has 0 aliphatic rings. The highest BCUT2D eigenvalue weighted by Crippen LogP contribution is 2.23. The van der Waals surface area contributed by atoms with Crippen LogP contribution in [-0.2, 0) is 6.54 Å². The summed E-state index contributed by atoms with van der Waals surface area (Å²) in [6.07, 6.45) is 0. The van der Waals surface area contributed by atoms with Gasteiger partial charge in [-0.15, -0.1) is 0 Å². The van der Waals surface area contributed by atoms with Gasteiger partial charge in [0, 0.05) is 12.6 Å². The number of hydrogen-bond acceptors (Lipinski definition) is 4. The quantitative estimate of drug-likeness (QED) is 0.796. The van der Waals surface area contributed by atoms with Crippen molar-refractivity contribution >= 4 is 5.91 Å².